The molecule has 19 heavy (non-hydrogen) atoms. The van der Waals surface area contributed by atoms with Crippen LogP contribution in [-0.2, 0) is 7.05 Å². The number of carbonyl (C=O) groups is 1. The van der Waals surface area contributed by atoms with Crippen LogP contribution in [0.15, 0.2) is 12.5 Å². The fourth-order valence-corrected chi connectivity index (χ4v) is 2.39. The largest absolute Gasteiger partial charge is 0.335 e. The predicted octanol–water partition coefficient (Wildman–Crippen LogP) is 0.480. The van der Waals surface area contributed by atoms with Crippen molar-refractivity contribution in [3.63, 3.8) is 0 Å². The van der Waals surface area contributed by atoms with E-state index in [1.807, 2.05) is 18.9 Å². The van der Waals surface area contributed by atoms with Crippen molar-refractivity contribution in [3.05, 3.63) is 18.2 Å². The summed E-state index contributed by atoms with van der Waals surface area (Å²) in [5, 5.41) is 9.06. The van der Waals surface area contributed by atoms with Crippen LogP contribution in [0.25, 0.3) is 0 Å². The zero-order chi connectivity index (χ0) is 13.8. The fraction of sp³-hybridized carbons (Fsp3) is 0.615. The van der Waals surface area contributed by atoms with E-state index in [0.29, 0.717) is 18.8 Å². The Kier molecular flexibility index (Phi) is 4.17. The van der Waals surface area contributed by atoms with Gasteiger partial charge in [-0.3, -0.25) is 9.69 Å². The van der Waals surface area contributed by atoms with Gasteiger partial charge in [0.2, 0.25) is 0 Å². The molecule has 0 aromatic carbocycles. The number of imidazole rings is 1. The van der Waals surface area contributed by atoms with Gasteiger partial charge in [-0.2, -0.15) is 5.26 Å². The van der Waals surface area contributed by atoms with Crippen molar-refractivity contribution in [2.75, 3.05) is 26.2 Å². The van der Waals surface area contributed by atoms with Gasteiger partial charge in [-0.1, -0.05) is 6.92 Å². The van der Waals surface area contributed by atoms with Crippen LogP contribution in [0.3, 0.4) is 0 Å². The van der Waals surface area contributed by atoms with Gasteiger partial charge in [0.05, 0.1) is 24.6 Å². The first-order chi connectivity index (χ1) is 9.17. The highest BCUT2D eigenvalue weighted by Gasteiger charge is 2.26. The molecular weight excluding hydrogens is 242 g/mol. The van der Waals surface area contributed by atoms with Gasteiger partial charge in [0.15, 0.2) is 0 Å². The molecule has 0 bridgehead atoms. The SMILES string of the molecule is CCC(C#N)N1CCN(C(=O)c2cncn2C)CC1. The zero-order valence-electron chi connectivity index (χ0n) is 11.4. The number of carbonyl (C=O) groups excluding carboxylic acids is 1. The minimum absolute atomic E-state index is 0.0182. The van der Waals surface area contributed by atoms with E-state index in [1.54, 1.807) is 17.1 Å². The molecule has 1 aromatic rings. The highest BCUT2D eigenvalue weighted by Crippen LogP contribution is 2.11. The number of amides is 1. The minimum atomic E-state index is -0.0334. The second-order valence-corrected chi connectivity index (χ2v) is 4.77. The molecule has 6 nitrogen and oxygen atoms in total. The number of aryl methyl sites for hydroxylation is 1. The van der Waals surface area contributed by atoms with Crippen LogP contribution in [0.4, 0.5) is 0 Å². The molecule has 0 radical (unpaired) electrons. The third kappa shape index (κ3) is 2.76. The average Bonchev–Trinajstić information content (AvgIpc) is 2.86. The first-order valence-corrected chi connectivity index (χ1v) is 6.56. The molecule has 1 aliphatic rings. The summed E-state index contributed by atoms with van der Waals surface area (Å²) < 4.78 is 1.73. The van der Waals surface area contributed by atoms with Gasteiger partial charge in [-0.15, -0.1) is 0 Å². The Labute approximate surface area is 113 Å². The van der Waals surface area contributed by atoms with E-state index >= 15 is 0 Å². The van der Waals surface area contributed by atoms with Crippen molar-refractivity contribution < 1.29 is 4.79 Å². The van der Waals surface area contributed by atoms with Crippen molar-refractivity contribution in [2.24, 2.45) is 7.05 Å². The summed E-state index contributed by atoms with van der Waals surface area (Å²) in [7, 11) is 1.82. The van der Waals surface area contributed by atoms with Crippen molar-refractivity contribution in [1.29, 1.82) is 5.26 Å². The van der Waals surface area contributed by atoms with Gasteiger partial charge >= 0.3 is 0 Å². The third-order valence-electron chi connectivity index (χ3n) is 3.61. The lowest BCUT2D eigenvalue weighted by molar-refractivity contribution is 0.0595. The zero-order valence-corrected chi connectivity index (χ0v) is 11.4. The van der Waals surface area contributed by atoms with Crippen molar-refractivity contribution in [3.8, 4) is 6.07 Å². The first kappa shape index (κ1) is 13.6. The molecule has 1 unspecified atom stereocenters. The van der Waals surface area contributed by atoms with Gasteiger partial charge in [0.1, 0.15) is 5.69 Å². The number of hydrogen-bond donors (Lipinski definition) is 0. The van der Waals surface area contributed by atoms with Crippen LogP contribution in [0, 0.1) is 11.3 Å². The number of rotatable bonds is 3. The lowest BCUT2D eigenvalue weighted by Crippen LogP contribution is -2.51. The van der Waals surface area contributed by atoms with Crippen LogP contribution in [0.5, 0.6) is 0 Å². The Hall–Kier alpha value is -1.87. The van der Waals surface area contributed by atoms with Crippen molar-refractivity contribution in [1.82, 2.24) is 19.4 Å². The summed E-state index contributed by atoms with van der Waals surface area (Å²) in [5.74, 6) is 0.0182. The van der Waals surface area contributed by atoms with E-state index < -0.39 is 0 Å². The van der Waals surface area contributed by atoms with E-state index in [4.69, 9.17) is 5.26 Å². The van der Waals surface area contributed by atoms with E-state index in [0.717, 1.165) is 19.5 Å². The van der Waals surface area contributed by atoms with Crippen LogP contribution in [0.2, 0.25) is 0 Å². The Morgan fingerprint density at radius 2 is 2.16 bits per heavy atom. The van der Waals surface area contributed by atoms with Crippen LogP contribution in [0.1, 0.15) is 23.8 Å². The summed E-state index contributed by atoms with van der Waals surface area (Å²) in [4.78, 5) is 20.2. The number of nitrogens with zero attached hydrogens (tertiary/aromatic N) is 5. The summed E-state index contributed by atoms with van der Waals surface area (Å²) in [6, 6.07) is 2.28. The fourth-order valence-electron chi connectivity index (χ4n) is 2.39. The number of hydrogen-bond acceptors (Lipinski definition) is 4. The normalized spacial score (nSPS) is 18.1. The smallest absolute Gasteiger partial charge is 0.272 e. The second kappa shape index (κ2) is 5.85. The second-order valence-electron chi connectivity index (χ2n) is 4.77. The Morgan fingerprint density at radius 3 is 2.63 bits per heavy atom. The minimum Gasteiger partial charge on any atom is -0.335 e. The van der Waals surface area contributed by atoms with Gasteiger partial charge in [-0.05, 0) is 6.42 Å². The molecule has 0 aliphatic carbocycles. The molecule has 1 aromatic heterocycles. The van der Waals surface area contributed by atoms with Gasteiger partial charge in [0.25, 0.3) is 5.91 Å². The molecule has 0 N–H and O–H groups in total. The lowest BCUT2D eigenvalue weighted by atomic mass is 10.2. The van der Waals surface area contributed by atoms with Crippen molar-refractivity contribution in [2.45, 2.75) is 19.4 Å². The molecule has 1 amide bonds. The lowest BCUT2D eigenvalue weighted by Gasteiger charge is -2.36. The maximum Gasteiger partial charge on any atom is 0.272 e. The molecule has 0 spiro atoms. The monoisotopic (exact) mass is 261 g/mol. The molecular formula is C13H19N5O. The van der Waals surface area contributed by atoms with E-state index in [1.165, 1.54) is 0 Å². The van der Waals surface area contributed by atoms with E-state index in [-0.39, 0.29) is 11.9 Å². The molecule has 1 fully saturated rings. The average molecular weight is 261 g/mol. The summed E-state index contributed by atoms with van der Waals surface area (Å²) >= 11 is 0. The van der Waals surface area contributed by atoms with Gasteiger partial charge in [-0.25, -0.2) is 4.98 Å². The Balaban J connectivity index is 1.96. The number of nitriles is 1. The third-order valence-corrected chi connectivity index (χ3v) is 3.61. The molecule has 6 heteroatoms. The van der Waals surface area contributed by atoms with Gasteiger partial charge < -0.3 is 9.47 Å². The Bertz CT molecular complexity index is 481. The molecule has 1 saturated heterocycles. The maximum absolute atomic E-state index is 12.3. The van der Waals surface area contributed by atoms with Crippen molar-refractivity contribution >= 4 is 5.91 Å². The summed E-state index contributed by atoms with van der Waals surface area (Å²) in [6.45, 7) is 4.87. The Morgan fingerprint density at radius 1 is 1.47 bits per heavy atom. The maximum atomic E-state index is 12.3. The molecule has 102 valence electrons. The predicted molar refractivity (Wildman–Crippen MR) is 70.4 cm³/mol. The molecule has 1 aliphatic heterocycles. The molecule has 0 saturated carbocycles. The van der Waals surface area contributed by atoms with Gasteiger partial charge in [0, 0.05) is 33.2 Å². The van der Waals surface area contributed by atoms with E-state index in [2.05, 4.69) is 16.0 Å². The molecule has 1 atom stereocenters. The number of piperazine rings is 1. The summed E-state index contributed by atoms with van der Waals surface area (Å²) in [5.41, 5.74) is 0.612. The van der Waals surface area contributed by atoms with E-state index in [9.17, 15) is 4.79 Å². The highest BCUT2D eigenvalue weighted by atomic mass is 16.2. The molecule has 2 rings (SSSR count). The highest BCUT2D eigenvalue weighted by molar-refractivity contribution is 5.92. The summed E-state index contributed by atoms with van der Waals surface area (Å²) in [6.07, 6.45) is 4.05. The molecule has 2 heterocycles. The standard InChI is InChI=1S/C13H19N5O/c1-3-11(8-14)17-4-6-18(7-5-17)13(19)12-9-15-10-16(12)2/h9-11H,3-7H2,1-2H3. The van der Waals surface area contributed by atoms with Crippen LogP contribution >= 0.6 is 0 Å². The van der Waals surface area contributed by atoms with Crippen LogP contribution < -0.4 is 0 Å². The van der Waals surface area contributed by atoms with Crippen LogP contribution in [-0.4, -0.2) is 57.5 Å². The topological polar surface area (TPSA) is 65.2 Å². The number of aromatic nitrogens is 2. The quantitative estimate of drug-likeness (QED) is 0.794. The first-order valence-electron chi connectivity index (χ1n) is 6.56.